The molecule has 2 aromatic rings. The summed E-state index contributed by atoms with van der Waals surface area (Å²) in [5.41, 5.74) is 17.2. The summed E-state index contributed by atoms with van der Waals surface area (Å²) in [6.45, 7) is -0.278. The van der Waals surface area contributed by atoms with E-state index in [0.717, 1.165) is 11.1 Å². The number of carbonyl (C=O) groups is 3. The fraction of sp³-hybridized carbons (Fsp3) is 0.250. The lowest BCUT2D eigenvalue weighted by Gasteiger charge is -2.04. The molecule has 9 nitrogen and oxygen atoms in total. The fourth-order valence-electron chi connectivity index (χ4n) is 1.91. The van der Waals surface area contributed by atoms with Crippen LogP contribution in [0.3, 0.4) is 0 Å². The molecule has 0 saturated heterocycles. The third-order valence-corrected chi connectivity index (χ3v) is 3.41. The predicted molar refractivity (Wildman–Crippen MR) is 108 cm³/mol. The van der Waals surface area contributed by atoms with Crippen molar-refractivity contribution in [2.24, 2.45) is 17.2 Å². The van der Waals surface area contributed by atoms with E-state index in [2.05, 4.69) is 5.73 Å². The summed E-state index contributed by atoms with van der Waals surface area (Å²) in [6.07, 6.45) is 0.770. The minimum Gasteiger partial charge on any atom is -0.480 e. The summed E-state index contributed by atoms with van der Waals surface area (Å²) in [5.74, 6) is -2.89. The van der Waals surface area contributed by atoms with E-state index in [4.69, 9.17) is 26.8 Å². The van der Waals surface area contributed by atoms with E-state index in [1.165, 1.54) is 0 Å². The second kappa shape index (κ2) is 14.7. The number of carboxylic acid groups (broad SMARTS) is 3. The molecule has 0 saturated carbocycles. The van der Waals surface area contributed by atoms with Gasteiger partial charge in [0.25, 0.3) is 0 Å². The van der Waals surface area contributed by atoms with E-state index in [-0.39, 0.29) is 6.54 Å². The standard InChI is InChI=1S/2C9H11NO2.C2H5NO2/c2*10-8(9(11)12)6-7-4-2-1-3-5-7;3-1-2(4)5/h2*1-5,8H,6,10H2,(H,11,12);1,3H2,(H,4,5). The molecule has 0 heterocycles. The minimum absolute atomic E-state index is 0.278. The molecular weight excluding hydrogens is 378 g/mol. The van der Waals surface area contributed by atoms with Gasteiger partial charge in [-0.25, -0.2) is 0 Å². The van der Waals surface area contributed by atoms with Crippen molar-refractivity contribution in [2.45, 2.75) is 24.9 Å². The smallest absolute Gasteiger partial charge is 0.320 e. The van der Waals surface area contributed by atoms with Crippen LogP contribution in [0.15, 0.2) is 60.7 Å². The molecule has 9 heteroatoms. The van der Waals surface area contributed by atoms with Crippen LogP contribution in [0.25, 0.3) is 0 Å². The molecule has 158 valence electrons. The van der Waals surface area contributed by atoms with Gasteiger partial charge in [0.05, 0.1) is 6.54 Å². The number of hydrogen-bond donors (Lipinski definition) is 6. The maximum Gasteiger partial charge on any atom is 0.320 e. The van der Waals surface area contributed by atoms with Crippen molar-refractivity contribution in [3.63, 3.8) is 0 Å². The molecule has 0 aliphatic heterocycles. The van der Waals surface area contributed by atoms with Crippen molar-refractivity contribution in [2.75, 3.05) is 6.54 Å². The zero-order chi connectivity index (χ0) is 22.2. The second-order valence-corrected chi connectivity index (χ2v) is 5.87. The van der Waals surface area contributed by atoms with Crippen LogP contribution in [-0.2, 0) is 27.2 Å². The largest absolute Gasteiger partial charge is 0.480 e. The van der Waals surface area contributed by atoms with Crippen LogP contribution < -0.4 is 17.2 Å². The topological polar surface area (TPSA) is 190 Å². The van der Waals surface area contributed by atoms with Crippen LogP contribution in [0, 0.1) is 0 Å². The SMILES string of the molecule is NC(Cc1ccccc1)C(=O)O.NC(Cc1ccccc1)C(=O)O.NCC(=O)O. The number of aliphatic carboxylic acids is 3. The van der Waals surface area contributed by atoms with Gasteiger partial charge >= 0.3 is 17.9 Å². The summed E-state index contributed by atoms with van der Waals surface area (Å²) >= 11 is 0. The maximum absolute atomic E-state index is 10.4. The first-order chi connectivity index (χ1) is 13.7. The van der Waals surface area contributed by atoms with E-state index < -0.39 is 30.0 Å². The van der Waals surface area contributed by atoms with Crippen molar-refractivity contribution in [3.8, 4) is 0 Å². The fourth-order valence-corrected chi connectivity index (χ4v) is 1.91. The zero-order valence-electron chi connectivity index (χ0n) is 15.8. The monoisotopic (exact) mass is 405 g/mol. The first-order valence-corrected chi connectivity index (χ1v) is 8.63. The molecule has 2 unspecified atom stereocenters. The molecule has 2 rings (SSSR count). The van der Waals surface area contributed by atoms with Gasteiger partial charge < -0.3 is 32.5 Å². The number of hydrogen-bond acceptors (Lipinski definition) is 6. The Morgan fingerprint density at radius 2 is 0.966 bits per heavy atom. The van der Waals surface area contributed by atoms with Gasteiger partial charge in [-0.15, -0.1) is 0 Å². The van der Waals surface area contributed by atoms with E-state index in [1.807, 2.05) is 60.7 Å². The lowest BCUT2D eigenvalue weighted by Crippen LogP contribution is -2.32. The summed E-state index contributed by atoms with van der Waals surface area (Å²) < 4.78 is 0. The minimum atomic E-state index is -0.968. The average molecular weight is 405 g/mol. The van der Waals surface area contributed by atoms with Gasteiger partial charge in [-0.1, -0.05) is 60.7 Å². The van der Waals surface area contributed by atoms with Gasteiger partial charge in [0.15, 0.2) is 0 Å². The Balaban J connectivity index is 0.000000442. The van der Waals surface area contributed by atoms with Gasteiger partial charge in [-0.3, -0.25) is 14.4 Å². The van der Waals surface area contributed by atoms with Crippen LogP contribution >= 0.6 is 0 Å². The molecule has 0 radical (unpaired) electrons. The highest BCUT2D eigenvalue weighted by atomic mass is 16.4. The highest BCUT2D eigenvalue weighted by Crippen LogP contribution is 2.02. The number of carboxylic acids is 3. The molecule has 0 aliphatic rings. The highest BCUT2D eigenvalue weighted by molar-refractivity contribution is 5.73. The highest BCUT2D eigenvalue weighted by Gasteiger charge is 2.11. The molecule has 9 N–H and O–H groups in total. The number of rotatable bonds is 7. The Kier molecular flexibility index (Phi) is 13.1. The molecule has 0 bridgehead atoms. The van der Waals surface area contributed by atoms with Crippen LogP contribution in [0.5, 0.6) is 0 Å². The van der Waals surface area contributed by atoms with Crippen molar-refractivity contribution in [1.82, 2.24) is 0 Å². The third kappa shape index (κ3) is 13.5. The van der Waals surface area contributed by atoms with Gasteiger partial charge in [-0.05, 0) is 24.0 Å². The van der Waals surface area contributed by atoms with Gasteiger partial charge in [0.2, 0.25) is 0 Å². The normalized spacial score (nSPS) is 11.6. The molecule has 0 fully saturated rings. The molecule has 0 aromatic heterocycles. The summed E-state index contributed by atoms with van der Waals surface area (Å²) in [5, 5.41) is 24.6. The Hall–Kier alpha value is -3.27. The van der Waals surface area contributed by atoms with E-state index in [9.17, 15) is 14.4 Å². The van der Waals surface area contributed by atoms with Gasteiger partial charge in [-0.2, -0.15) is 0 Å². The Bertz CT molecular complexity index is 683. The third-order valence-electron chi connectivity index (χ3n) is 3.41. The lowest BCUT2D eigenvalue weighted by molar-refractivity contribution is -0.139. The molecule has 0 amide bonds. The Morgan fingerprint density at radius 1 is 0.690 bits per heavy atom. The van der Waals surface area contributed by atoms with Crippen LogP contribution in [0.2, 0.25) is 0 Å². The van der Waals surface area contributed by atoms with Crippen LogP contribution in [0.4, 0.5) is 0 Å². The number of nitrogens with two attached hydrogens (primary N) is 3. The quantitative estimate of drug-likeness (QED) is 0.376. The summed E-state index contributed by atoms with van der Waals surface area (Å²) in [6, 6.07) is 17.1. The molecule has 29 heavy (non-hydrogen) atoms. The summed E-state index contributed by atoms with van der Waals surface area (Å²) in [4.78, 5) is 30.0. The van der Waals surface area contributed by atoms with Crippen molar-refractivity contribution in [3.05, 3.63) is 71.8 Å². The van der Waals surface area contributed by atoms with Gasteiger partial charge in [0, 0.05) is 0 Å². The lowest BCUT2D eigenvalue weighted by atomic mass is 10.1. The van der Waals surface area contributed by atoms with Crippen molar-refractivity contribution >= 4 is 17.9 Å². The molecule has 2 atom stereocenters. The van der Waals surface area contributed by atoms with E-state index >= 15 is 0 Å². The summed E-state index contributed by atoms with van der Waals surface area (Å²) in [7, 11) is 0. The van der Waals surface area contributed by atoms with Crippen molar-refractivity contribution in [1.29, 1.82) is 0 Å². The maximum atomic E-state index is 10.4. The average Bonchev–Trinajstić information content (AvgIpc) is 2.70. The Morgan fingerprint density at radius 3 is 1.17 bits per heavy atom. The first kappa shape index (κ1) is 25.7. The Labute approximate surface area is 168 Å². The van der Waals surface area contributed by atoms with Gasteiger partial charge in [0.1, 0.15) is 12.1 Å². The van der Waals surface area contributed by atoms with E-state index in [1.54, 1.807) is 0 Å². The van der Waals surface area contributed by atoms with Crippen LogP contribution in [-0.4, -0.2) is 51.9 Å². The van der Waals surface area contributed by atoms with Crippen molar-refractivity contribution < 1.29 is 29.7 Å². The number of benzene rings is 2. The molecule has 0 spiro atoms. The second-order valence-electron chi connectivity index (χ2n) is 5.87. The van der Waals surface area contributed by atoms with E-state index in [0.29, 0.717) is 12.8 Å². The molecule has 0 aliphatic carbocycles. The molecular formula is C20H27N3O6. The zero-order valence-corrected chi connectivity index (χ0v) is 15.8. The first-order valence-electron chi connectivity index (χ1n) is 8.63. The predicted octanol–water partition coefficient (Wildman–Crippen LogP) is 0.312. The van der Waals surface area contributed by atoms with Crippen LogP contribution in [0.1, 0.15) is 11.1 Å². The molecule has 2 aromatic carbocycles.